The molecule has 0 spiro atoms. The summed E-state index contributed by atoms with van der Waals surface area (Å²) in [5.74, 6) is 0.0706. The Bertz CT molecular complexity index is 1740. The number of nitrogens with one attached hydrogen (secondary N) is 1. The summed E-state index contributed by atoms with van der Waals surface area (Å²) in [5, 5.41) is 3.13. The molecule has 1 atom stereocenters. The Balaban J connectivity index is 1.69. The van der Waals surface area contributed by atoms with Gasteiger partial charge in [-0.1, -0.05) is 12.1 Å². The number of aryl methyl sites for hydroxylation is 2. The molecule has 13 heteroatoms. The Labute approximate surface area is 235 Å². The molecule has 1 N–H and O–H groups in total. The van der Waals surface area contributed by atoms with Crippen molar-refractivity contribution in [1.82, 2.24) is 24.5 Å². The predicted octanol–water partition coefficient (Wildman–Crippen LogP) is 5.21. The van der Waals surface area contributed by atoms with E-state index in [0.717, 1.165) is 25.6 Å². The number of sulfonamides is 1. The molecule has 1 unspecified atom stereocenters. The summed E-state index contributed by atoms with van der Waals surface area (Å²) in [6, 6.07) is 9.63. The molecule has 0 bridgehead atoms. The molecule has 1 saturated heterocycles. The molecule has 40 heavy (non-hydrogen) atoms. The van der Waals surface area contributed by atoms with E-state index in [1.807, 2.05) is 13.0 Å². The lowest BCUT2D eigenvalue weighted by molar-refractivity contribution is -0.0363. The number of halogens is 2. The van der Waals surface area contributed by atoms with Gasteiger partial charge in [-0.25, -0.2) is 37.1 Å². The van der Waals surface area contributed by atoms with Crippen molar-refractivity contribution >= 4 is 38.2 Å². The first-order valence-electron chi connectivity index (χ1n) is 14.2. The molecule has 0 amide bonds. The van der Waals surface area contributed by atoms with E-state index in [9.17, 15) is 17.2 Å². The number of aromatic nitrogens is 5. The van der Waals surface area contributed by atoms with Crippen molar-refractivity contribution in [3.63, 3.8) is 0 Å². The lowest BCUT2D eigenvalue weighted by Crippen LogP contribution is -2.25. The highest BCUT2D eigenvalue weighted by molar-refractivity contribution is 7.92. The molecular formula is C27H31F2N7O3S. The third-order valence-corrected chi connectivity index (χ3v) is 7.54. The largest absolute Gasteiger partial charge is 0.358 e. The number of imidazole rings is 1. The van der Waals surface area contributed by atoms with Crippen LogP contribution in [-0.4, -0.2) is 52.8 Å². The van der Waals surface area contributed by atoms with Gasteiger partial charge in [-0.2, -0.15) is 0 Å². The fraction of sp³-hybridized carbons (Fsp3) is 0.407. The van der Waals surface area contributed by atoms with Gasteiger partial charge in [-0.05, 0) is 57.4 Å². The monoisotopic (exact) mass is 574 g/mol. The number of fused-ring (bicyclic) bond motifs is 1. The summed E-state index contributed by atoms with van der Waals surface area (Å²) >= 11 is 0. The van der Waals surface area contributed by atoms with E-state index in [0.29, 0.717) is 34.5 Å². The zero-order valence-electron chi connectivity index (χ0n) is 25.2. The first-order chi connectivity index (χ1) is 20.3. The van der Waals surface area contributed by atoms with Crippen LogP contribution in [0.15, 0.2) is 36.4 Å². The van der Waals surface area contributed by atoms with Crippen molar-refractivity contribution in [2.45, 2.75) is 52.2 Å². The van der Waals surface area contributed by atoms with Crippen molar-refractivity contribution in [2.24, 2.45) is 0 Å². The molecule has 4 heterocycles. The van der Waals surface area contributed by atoms with E-state index in [1.165, 1.54) is 10.6 Å². The van der Waals surface area contributed by atoms with Gasteiger partial charge < -0.3 is 10.1 Å². The van der Waals surface area contributed by atoms with Gasteiger partial charge in [0.05, 0.1) is 34.6 Å². The summed E-state index contributed by atoms with van der Waals surface area (Å²) < 4.78 is 84.8. The minimum absolute atomic E-state index is 0.0383. The average molecular weight is 575 g/mol. The maximum absolute atomic E-state index is 14.4. The SMILES string of the molecule is [2H]C([2H])([2H])S(=O)(=O)N(C)c1ccccc1Nc1cc(Cc2cc(C)nc(C)n2)nc2c1nc(C(F)F)n2C1CCCCO1. The lowest BCUT2D eigenvalue weighted by Gasteiger charge is -2.25. The van der Waals surface area contributed by atoms with Gasteiger partial charge in [0.15, 0.2) is 11.5 Å². The number of hydrogen-bond acceptors (Lipinski definition) is 8. The predicted molar refractivity (Wildman–Crippen MR) is 149 cm³/mol. The molecule has 3 aromatic heterocycles. The number of para-hydroxylation sites is 2. The van der Waals surface area contributed by atoms with Gasteiger partial charge >= 0.3 is 0 Å². The number of benzene rings is 1. The van der Waals surface area contributed by atoms with Crippen LogP contribution in [0.3, 0.4) is 0 Å². The smallest absolute Gasteiger partial charge is 0.295 e. The third kappa shape index (κ3) is 5.75. The summed E-state index contributed by atoms with van der Waals surface area (Å²) in [6.45, 7) is 4.02. The Morgan fingerprint density at radius 2 is 1.90 bits per heavy atom. The van der Waals surface area contributed by atoms with Gasteiger partial charge in [0.25, 0.3) is 6.43 Å². The summed E-state index contributed by atoms with van der Waals surface area (Å²) in [7, 11) is -3.60. The summed E-state index contributed by atoms with van der Waals surface area (Å²) in [4.78, 5) is 17.8. The number of anilines is 3. The molecule has 1 aliphatic rings. The second kappa shape index (κ2) is 11.0. The van der Waals surface area contributed by atoms with Crippen LogP contribution < -0.4 is 9.62 Å². The van der Waals surface area contributed by atoms with Crippen molar-refractivity contribution in [3.8, 4) is 0 Å². The quantitative estimate of drug-likeness (QED) is 0.305. The van der Waals surface area contributed by atoms with Crippen molar-refractivity contribution in [3.05, 3.63) is 65.1 Å². The van der Waals surface area contributed by atoms with E-state index in [1.54, 1.807) is 31.2 Å². The van der Waals surface area contributed by atoms with Crippen LogP contribution in [-0.2, 0) is 21.2 Å². The van der Waals surface area contributed by atoms with E-state index in [2.05, 4.69) is 20.3 Å². The van der Waals surface area contributed by atoms with Crippen LogP contribution in [0.5, 0.6) is 0 Å². The van der Waals surface area contributed by atoms with Gasteiger partial charge in [-0.3, -0.25) is 8.87 Å². The summed E-state index contributed by atoms with van der Waals surface area (Å²) in [5.41, 5.74) is 2.72. The zero-order chi connectivity index (χ0) is 31.1. The maximum atomic E-state index is 14.4. The highest BCUT2D eigenvalue weighted by Gasteiger charge is 2.29. The van der Waals surface area contributed by atoms with Crippen molar-refractivity contribution in [1.29, 1.82) is 0 Å². The first-order valence-corrected chi connectivity index (χ1v) is 14.2. The Hall–Kier alpha value is -3.71. The van der Waals surface area contributed by atoms with Crippen LogP contribution in [0.25, 0.3) is 11.2 Å². The third-order valence-electron chi connectivity index (χ3n) is 6.62. The molecule has 0 saturated carbocycles. The minimum Gasteiger partial charge on any atom is -0.358 e. The zero-order valence-corrected chi connectivity index (χ0v) is 23.0. The van der Waals surface area contributed by atoms with E-state index >= 15 is 0 Å². The number of pyridine rings is 1. The fourth-order valence-corrected chi connectivity index (χ4v) is 5.30. The van der Waals surface area contributed by atoms with Crippen molar-refractivity contribution in [2.75, 3.05) is 29.5 Å². The minimum atomic E-state index is -4.74. The maximum Gasteiger partial charge on any atom is 0.295 e. The van der Waals surface area contributed by atoms with E-state index in [4.69, 9.17) is 13.8 Å². The van der Waals surface area contributed by atoms with Crippen LogP contribution in [0.4, 0.5) is 25.8 Å². The van der Waals surface area contributed by atoms with Crippen LogP contribution in [0.1, 0.15) is 64.8 Å². The second-order valence-corrected chi connectivity index (χ2v) is 11.1. The fourth-order valence-electron chi connectivity index (χ4n) is 4.88. The Morgan fingerprint density at radius 3 is 2.60 bits per heavy atom. The molecule has 10 nitrogen and oxygen atoms in total. The molecule has 1 aliphatic heterocycles. The molecule has 1 fully saturated rings. The second-order valence-electron chi connectivity index (χ2n) is 9.63. The first kappa shape index (κ1) is 24.1. The van der Waals surface area contributed by atoms with Crippen LogP contribution in [0.2, 0.25) is 0 Å². The van der Waals surface area contributed by atoms with Gasteiger partial charge in [0.1, 0.15) is 17.6 Å². The molecule has 0 radical (unpaired) electrons. The number of ether oxygens (including phenoxy) is 1. The standard InChI is InChI=1S/C27H31F2N7O3S/c1-16-13-18(31-17(2)30-16)14-19-15-21(33-20-9-5-6-10-22(20)35(3)40(4,37)38)24-26(32-19)36(27(34-24)25(28)29)23-11-7-8-12-39-23/h5-6,9-10,13,15,23,25H,7-8,11-12,14H2,1-4H3,(H,32,33)/i4D3. The van der Waals surface area contributed by atoms with Gasteiger partial charge in [0, 0.05) is 29.9 Å². The molecule has 1 aromatic carbocycles. The van der Waals surface area contributed by atoms with Crippen LogP contribution in [0, 0.1) is 13.8 Å². The summed E-state index contributed by atoms with van der Waals surface area (Å²) in [6.07, 6.45) is -4.57. The normalized spacial score (nSPS) is 17.4. The number of hydrogen-bond donors (Lipinski definition) is 1. The average Bonchev–Trinajstić information content (AvgIpc) is 3.32. The topological polar surface area (TPSA) is 115 Å². The number of alkyl halides is 2. The number of rotatable bonds is 8. The van der Waals surface area contributed by atoms with E-state index in [-0.39, 0.29) is 34.6 Å². The highest BCUT2D eigenvalue weighted by atomic mass is 32.2. The Kier molecular flexibility index (Phi) is 6.66. The molecular weight excluding hydrogens is 540 g/mol. The highest BCUT2D eigenvalue weighted by Crippen LogP contribution is 2.37. The van der Waals surface area contributed by atoms with Gasteiger partial charge in [-0.15, -0.1) is 0 Å². The molecule has 4 aromatic rings. The van der Waals surface area contributed by atoms with Crippen LogP contribution >= 0.6 is 0 Å². The van der Waals surface area contributed by atoms with Gasteiger partial charge in [0.2, 0.25) is 10.0 Å². The number of nitrogens with zero attached hydrogens (tertiary/aromatic N) is 6. The van der Waals surface area contributed by atoms with Crippen molar-refractivity contribution < 1.29 is 26.0 Å². The van der Waals surface area contributed by atoms with E-state index < -0.39 is 34.7 Å². The Morgan fingerprint density at radius 1 is 1.12 bits per heavy atom. The lowest BCUT2D eigenvalue weighted by atomic mass is 10.1. The molecule has 5 rings (SSSR count). The molecule has 0 aliphatic carbocycles. The molecule has 212 valence electrons.